The van der Waals surface area contributed by atoms with E-state index in [0.717, 1.165) is 0 Å². The molecule has 0 aromatic heterocycles. The molecule has 0 spiro atoms. The van der Waals surface area contributed by atoms with Crippen LogP contribution in [0.3, 0.4) is 0 Å². The van der Waals surface area contributed by atoms with Crippen LogP contribution in [0.25, 0.3) is 0 Å². The molecule has 0 aromatic rings. The van der Waals surface area contributed by atoms with Crippen LogP contribution in [0, 0.1) is 0 Å². The van der Waals surface area contributed by atoms with Gasteiger partial charge in [0.15, 0.2) is 0 Å². The Morgan fingerprint density at radius 1 is 1.71 bits per heavy atom. The van der Waals surface area contributed by atoms with E-state index < -0.39 is 14.3 Å². The van der Waals surface area contributed by atoms with Gasteiger partial charge in [0.1, 0.15) is 6.73 Å². The molecule has 6 N–H and O–H groups in total. The number of nitrogens with two attached hydrogens (primary N) is 2. The molecule has 5 nitrogen and oxygen atoms in total. The molecule has 0 saturated heterocycles. The molecule has 0 aliphatic carbocycles. The lowest BCUT2D eigenvalue weighted by molar-refractivity contribution is 0.288. The number of hydrogen-bond donors (Lipinski definition) is 4. The van der Waals surface area contributed by atoms with Crippen molar-refractivity contribution in [2.24, 2.45) is 11.0 Å². The fourth-order valence-corrected chi connectivity index (χ4v) is 0.332. The van der Waals surface area contributed by atoms with Crippen molar-refractivity contribution in [3.8, 4) is 0 Å². The zero-order valence-corrected chi connectivity index (χ0v) is 4.56. The summed E-state index contributed by atoms with van der Waals surface area (Å²) in [5.41, 5.74) is 9.42. The van der Waals surface area contributed by atoms with Crippen LogP contribution >= 0.6 is 7.59 Å². The Balaban J connectivity index is 3.36. The second-order valence-electron chi connectivity index (χ2n) is 1.03. The highest BCUT2D eigenvalue weighted by Gasteiger charge is 2.02. The summed E-state index contributed by atoms with van der Waals surface area (Å²) in [5.74, 6) is 0. The van der Waals surface area contributed by atoms with Crippen molar-refractivity contribution in [1.29, 1.82) is 0 Å². The maximum atomic E-state index is 10.1. The van der Waals surface area contributed by atoms with Gasteiger partial charge in [0.05, 0.1) is 0 Å². The van der Waals surface area contributed by atoms with E-state index in [1.807, 2.05) is 5.09 Å². The Hall–Kier alpha value is 0.0700. The van der Waals surface area contributed by atoms with Gasteiger partial charge < -0.3 is 5.11 Å². The third-order valence-corrected chi connectivity index (χ3v) is 0.954. The van der Waals surface area contributed by atoms with Crippen molar-refractivity contribution in [3.63, 3.8) is 0 Å². The van der Waals surface area contributed by atoms with E-state index in [2.05, 4.69) is 0 Å². The van der Waals surface area contributed by atoms with E-state index in [-0.39, 0.29) is 0 Å². The van der Waals surface area contributed by atoms with E-state index in [4.69, 9.17) is 16.1 Å². The minimum Gasteiger partial charge on any atom is -0.381 e. The van der Waals surface area contributed by atoms with Crippen LogP contribution in [0.4, 0.5) is 0 Å². The third kappa shape index (κ3) is 6.07. The smallest absolute Gasteiger partial charge is 0.275 e. The Labute approximate surface area is 41.2 Å². The van der Waals surface area contributed by atoms with E-state index >= 15 is 0 Å². The molecule has 0 radical (unpaired) electrons. The maximum Gasteiger partial charge on any atom is 0.275 e. The average molecular weight is 125 g/mol. The molecule has 0 aliphatic heterocycles. The molecular weight excluding hydrogens is 117 g/mol. The first-order chi connectivity index (χ1) is 3.06. The molecule has 0 aliphatic rings. The third-order valence-electron chi connectivity index (χ3n) is 0.318. The van der Waals surface area contributed by atoms with E-state index in [9.17, 15) is 4.57 Å². The highest BCUT2D eigenvalue weighted by Crippen LogP contribution is 2.14. The van der Waals surface area contributed by atoms with Crippen molar-refractivity contribution in [3.05, 3.63) is 0 Å². The standard InChI is InChI=1S/CH8N3O2P/c2-7(3,6)4-1-5/h5H,1H2,(H5,2,3,4,6). The summed E-state index contributed by atoms with van der Waals surface area (Å²) >= 11 is 0. The van der Waals surface area contributed by atoms with Gasteiger partial charge in [0.2, 0.25) is 0 Å². The SMILES string of the molecule is NP(N)(=O)NCO. The van der Waals surface area contributed by atoms with Gasteiger partial charge in [-0.3, -0.25) is 15.6 Å². The molecular formula is CH8N3O2P. The van der Waals surface area contributed by atoms with Gasteiger partial charge in [-0.1, -0.05) is 0 Å². The van der Waals surface area contributed by atoms with Crippen molar-refractivity contribution in [1.82, 2.24) is 5.09 Å². The molecule has 6 heteroatoms. The quantitative estimate of drug-likeness (QED) is 0.267. The van der Waals surface area contributed by atoms with Crippen molar-refractivity contribution in [2.45, 2.75) is 0 Å². The molecule has 0 saturated carbocycles. The minimum atomic E-state index is -3.17. The van der Waals surface area contributed by atoms with Crippen molar-refractivity contribution < 1.29 is 9.67 Å². The van der Waals surface area contributed by atoms with Crippen LogP contribution in [0.15, 0.2) is 0 Å². The first-order valence-corrected chi connectivity index (χ1v) is 3.44. The Bertz CT molecular complexity index is 86.9. The van der Waals surface area contributed by atoms with Gasteiger partial charge in [0, 0.05) is 0 Å². The second-order valence-corrected chi connectivity index (χ2v) is 2.76. The summed E-state index contributed by atoms with van der Waals surface area (Å²) in [6, 6.07) is 0. The maximum absolute atomic E-state index is 10.1. The van der Waals surface area contributed by atoms with Crippen LogP contribution < -0.4 is 16.1 Å². The van der Waals surface area contributed by atoms with Crippen LogP contribution in [0.1, 0.15) is 0 Å². The summed E-state index contributed by atoms with van der Waals surface area (Å²) in [6.45, 7) is -0.454. The van der Waals surface area contributed by atoms with Crippen molar-refractivity contribution in [2.75, 3.05) is 6.73 Å². The number of nitrogens with one attached hydrogen (secondary N) is 1. The molecule has 7 heavy (non-hydrogen) atoms. The van der Waals surface area contributed by atoms with Gasteiger partial charge in [-0.05, 0) is 0 Å². The number of hydrogen-bond acceptors (Lipinski definition) is 2. The van der Waals surface area contributed by atoms with Gasteiger partial charge in [-0.2, -0.15) is 0 Å². The summed E-state index contributed by atoms with van der Waals surface area (Å²) in [5, 5.41) is 9.91. The largest absolute Gasteiger partial charge is 0.381 e. The molecule has 0 unspecified atom stereocenters. The Morgan fingerprint density at radius 3 is 2.14 bits per heavy atom. The number of aliphatic hydroxyl groups excluding tert-OH is 1. The molecule has 0 heterocycles. The minimum absolute atomic E-state index is 0.454. The van der Waals surface area contributed by atoms with Gasteiger partial charge in [0.25, 0.3) is 7.59 Å². The predicted octanol–water partition coefficient (Wildman–Crippen LogP) is -1.45. The summed E-state index contributed by atoms with van der Waals surface area (Å²) < 4.78 is 10.1. The number of rotatable bonds is 2. The second kappa shape index (κ2) is 2.40. The first kappa shape index (κ1) is 7.07. The van der Waals surface area contributed by atoms with Gasteiger partial charge in [-0.25, -0.2) is 5.09 Å². The Morgan fingerprint density at radius 2 is 2.14 bits per heavy atom. The normalized spacial score (nSPS) is 11.9. The molecule has 0 atom stereocenters. The fraction of sp³-hybridized carbons (Fsp3) is 1.00. The van der Waals surface area contributed by atoms with E-state index in [0.29, 0.717) is 0 Å². The lowest BCUT2D eigenvalue weighted by Gasteiger charge is -2.02. The molecule has 0 rings (SSSR count). The summed E-state index contributed by atoms with van der Waals surface area (Å²) in [4.78, 5) is 0. The molecule has 0 bridgehead atoms. The summed E-state index contributed by atoms with van der Waals surface area (Å²) in [7, 11) is -3.17. The van der Waals surface area contributed by atoms with Gasteiger partial charge in [-0.15, -0.1) is 0 Å². The Kier molecular flexibility index (Phi) is 2.42. The van der Waals surface area contributed by atoms with Crippen LogP contribution in [0.2, 0.25) is 0 Å². The van der Waals surface area contributed by atoms with E-state index in [1.54, 1.807) is 0 Å². The average Bonchev–Trinajstić information content (AvgIpc) is 1.30. The number of aliphatic hydroxyl groups is 1. The van der Waals surface area contributed by atoms with Crippen molar-refractivity contribution >= 4 is 7.59 Å². The van der Waals surface area contributed by atoms with E-state index in [1.165, 1.54) is 0 Å². The van der Waals surface area contributed by atoms with Crippen LogP contribution in [-0.2, 0) is 4.57 Å². The molecule has 0 fully saturated rings. The van der Waals surface area contributed by atoms with Gasteiger partial charge >= 0.3 is 0 Å². The fourth-order valence-electron chi connectivity index (χ4n) is 0.111. The zero-order valence-electron chi connectivity index (χ0n) is 3.66. The molecule has 0 aromatic carbocycles. The molecule has 0 amide bonds. The topological polar surface area (TPSA) is 101 Å². The highest BCUT2D eigenvalue weighted by atomic mass is 31.2. The zero-order chi connectivity index (χ0) is 5.91. The molecule has 44 valence electrons. The monoisotopic (exact) mass is 125 g/mol. The highest BCUT2D eigenvalue weighted by molar-refractivity contribution is 7.56. The lowest BCUT2D eigenvalue weighted by atomic mass is 11.4. The lowest BCUT2D eigenvalue weighted by Crippen LogP contribution is -2.22. The summed E-state index contributed by atoms with van der Waals surface area (Å²) in [6.07, 6.45) is 0. The van der Waals surface area contributed by atoms with Crippen LogP contribution in [0.5, 0.6) is 0 Å². The van der Waals surface area contributed by atoms with Crippen LogP contribution in [-0.4, -0.2) is 11.8 Å². The first-order valence-electron chi connectivity index (χ1n) is 1.59. The predicted molar refractivity (Wildman–Crippen MR) is 26.2 cm³/mol.